The van der Waals surface area contributed by atoms with E-state index in [1.54, 1.807) is 0 Å². The van der Waals surface area contributed by atoms with Gasteiger partial charge in [0.25, 0.3) is 0 Å². The monoisotopic (exact) mass is 918 g/mol. The number of benzene rings is 10. The van der Waals surface area contributed by atoms with Crippen molar-refractivity contribution in [3.63, 3.8) is 0 Å². The molecular formula is C65H38N6O. The summed E-state index contributed by atoms with van der Waals surface area (Å²) < 4.78 is 14.4. The first-order valence-electron chi connectivity index (χ1n) is 24.1. The standard InChI is InChI=1S/C65H38N6O/c66-39-50-60(40-20-4-1-5-21-40)67-65(68-61(50)41-22-6-2-7-23-41)48-36-37-55(59-47-30-14-19-35-57(47)72-64(48)59)71-53-33-17-12-28-45(53)49-38-56(70-51-31-15-10-26-43(51)44-27-11-16-32-52(44)70)58-46-29-13-18-34-54(46)69(63(58)62(49)71)42-24-8-3-9-25-42/h1-38H. The average Bonchev–Trinajstić information content (AvgIpc) is 4.20. The van der Waals surface area contributed by atoms with Crippen LogP contribution in [0, 0.1) is 11.3 Å². The first-order chi connectivity index (χ1) is 35.7. The van der Waals surface area contributed by atoms with E-state index in [0.717, 1.165) is 105 Å². The molecule has 0 aliphatic heterocycles. The zero-order valence-corrected chi connectivity index (χ0v) is 38.5. The van der Waals surface area contributed by atoms with Gasteiger partial charge >= 0.3 is 0 Å². The van der Waals surface area contributed by atoms with E-state index < -0.39 is 0 Å². The fraction of sp³-hybridized carbons (Fsp3) is 0. The number of rotatable bonds is 6. The lowest BCUT2D eigenvalue weighted by Gasteiger charge is -2.17. The zero-order valence-electron chi connectivity index (χ0n) is 38.5. The van der Waals surface area contributed by atoms with Crippen LogP contribution in [0.15, 0.2) is 235 Å². The lowest BCUT2D eigenvalue weighted by Crippen LogP contribution is -2.03. The van der Waals surface area contributed by atoms with Gasteiger partial charge in [-0.1, -0.05) is 170 Å². The average molecular weight is 919 g/mol. The fourth-order valence-electron chi connectivity index (χ4n) is 11.5. The molecule has 0 aliphatic carbocycles. The van der Waals surface area contributed by atoms with Crippen molar-refractivity contribution in [2.45, 2.75) is 0 Å². The maximum atomic E-state index is 10.8. The van der Waals surface area contributed by atoms with Gasteiger partial charge in [0.15, 0.2) is 5.82 Å². The molecule has 5 heterocycles. The molecule has 0 radical (unpaired) electrons. The number of furan rings is 1. The van der Waals surface area contributed by atoms with Crippen molar-refractivity contribution in [3.05, 3.63) is 236 Å². The Morgan fingerprint density at radius 2 is 0.875 bits per heavy atom. The molecule has 0 aliphatic rings. The van der Waals surface area contributed by atoms with Crippen LogP contribution in [-0.4, -0.2) is 23.7 Å². The smallest absolute Gasteiger partial charge is 0.164 e. The SMILES string of the molecule is N#Cc1c(-c2ccccc2)nc(-c2ccc(-n3c4ccccc4c4cc(-n5c6ccccc6c6ccccc65)c5c6ccccc6n(-c6ccccc6)c5c43)c3c2oc2ccccc23)nc1-c1ccccc1. The van der Waals surface area contributed by atoms with Crippen LogP contribution in [0.2, 0.25) is 0 Å². The van der Waals surface area contributed by atoms with Crippen molar-refractivity contribution in [1.29, 1.82) is 5.26 Å². The summed E-state index contributed by atoms with van der Waals surface area (Å²) in [5, 5.41) is 19.7. The molecule has 5 aromatic heterocycles. The van der Waals surface area contributed by atoms with E-state index in [9.17, 15) is 5.26 Å². The molecule has 0 atom stereocenters. The Morgan fingerprint density at radius 3 is 1.47 bits per heavy atom. The van der Waals surface area contributed by atoms with Gasteiger partial charge < -0.3 is 18.1 Å². The molecule has 0 saturated carbocycles. The van der Waals surface area contributed by atoms with Crippen LogP contribution in [0.4, 0.5) is 0 Å². The summed E-state index contributed by atoms with van der Waals surface area (Å²) in [5.41, 5.74) is 15.1. The van der Waals surface area contributed by atoms with Crippen LogP contribution in [0.5, 0.6) is 0 Å². The highest BCUT2D eigenvalue weighted by molar-refractivity contribution is 6.28. The highest BCUT2D eigenvalue weighted by Crippen LogP contribution is 2.49. The minimum Gasteiger partial charge on any atom is -0.455 e. The summed E-state index contributed by atoms with van der Waals surface area (Å²) in [6, 6.07) is 83.1. The molecule has 15 aromatic rings. The molecule has 0 N–H and O–H groups in total. The van der Waals surface area contributed by atoms with Gasteiger partial charge in [-0.3, -0.25) is 0 Å². The van der Waals surface area contributed by atoms with Crippen LogP contribution in [0.1, 0.15) is 5.56 Å². The van der Waals surface area contributed by atoms with E-state index in [-0.39, 0.29) is 0 Å². The fourth-order valence-corrected chi connectivity index (χ4v) is 11.5. The second kappa shape index (κ2) is 15.5. The number of hydrogen-bond donors (Lipinski definition) is 0. The third-order valence-corrected chi connectivity index (χ3v) is 14.5. The zero-order chi connectivity index (χ0) is 47.4. The molecule has 0 spiro atoms. The van der Waals surface area contributed by atoms with Gasteiger partial charge in [-0.05, 0) is 60.7 Å². The largest absolute Gasteiger partial charge is 0.455 e. The highest BCUT2D eigenvalue weighted by Gasteiger charge is 2.29. The Balaban J connectivity index is 1.11. The molecule has 0 amide bonds. The summed E-state index contributed by atoms with van der Waals surface area (Å²) >= 11 is 0. The van der Waals surface area contributed by atoms with Crippen LogP contribution >= 0.6 is 0 Å². The molecule has 72 heavy (non-hydrogen) atoms. The molecular weight excluding hydrogens is 881 g/mol. The topological polar surface area (TPSA) is 77.5 Å². The molecule has 0 saturated heterocycles. The predicted octanol–water partition coefficient (Wildman–Crippen LogP) is 16.5. The van der Waals surface area contributed by atoms with Gasteiger partial charge in [0.2, 0.25) is 0 Å². The minimum atomic E-state index is 0.414. The molecule has 15 rings (SSSR count). The minimum absolute atomic E-state index is 0.414. The second-order valence-electron chi connectivity index (χ2n) is 18.3. The molecule has 334 valence electrons. The van der Waals surface area contributed by atoms with E-state index in [0.29, 0.717) is 28.4 Å². The van der Waals surface area contributed by atoms with Gasteiger partial charge in [0, 0.05) is 54.5 Å². The first-order valence-corrected chi connectivity index (χ1v) is 24.1. The second-order valence-corrected chi connectivity index (χ2v) is 18.3. The maximum Gasteiger partial charge on any atom is 0.164 e. The van der Waals surface area contributed by atoms with E-state index in [1.165, 1.54) is 10.8 Å². The van der Waals surface area contributed by atoms with Crippen molar-refractivity contribution in [3.8, 4) is 57.0 Å². The van der Waals surface area contributed by atoms with Crippen molar-refractivity contribution < 1.29 is 4.42 Å². The maximum absolute atomic E-state index is 10.8. The van der Waals surface area contributed by atoms with Crippen molar-refractivity contribution in [2.75, 3.05) is 0 Å². The quantitative estimate of drug-likeness (QED) is 0.166. The van der Waals surface area contributed by atoms with E-state index in [4.69, 9.17) is 14.4 Å². The summed E-state index contributed by atoms with van der Waals surface area (Å²) in [7, 11) is 0. The predicted molar refractivity (Wildman–Crippen MR) is 293 cm³/mol. The summed E-state index contributed by atoms with van der Waals surface area (Å²) in [6.07, 6.45) is 0. The molecule has 0 fully saturated rings. The van der Waals surface area contributed by atoms with Crippen molar-refractivity contribution in [2.24, 2.45) is 0 Å². The van der Waals surface area contributed by atoms with Gasteiger partial charge in [0.1, 0.15) is 22.8 Å². The number of fused-ring (bicyclic) bond motifs is 13. The number of para-hydroxylation sites is 6. The lowest BCUT2D eigenvalue weighted by atomic mass is 9.99. The van der Waals surface area contributed by atoms with Crippen LogP contribution in [-0.2, 0) is 0 Å². The van der Waals surface area contributed by atoms with Gasteiger partial charge in [0.05, 0.1) is 66.8 Å². The Bertz CT molecular complexity index is 4630. The van der Waals surface area contributed by atoms with Crippen molar-refractivity contribution >= 4 is 87.4 Å². The third-order valence-electron chi connectivity index (χ3n) is 14.5. The van der Waals surface area contributed by atoms with Gasteiger partial charge in [-0.25, -0.2) is 9.97 Å². The Morgan fingerprint density at radius 1 is 0.389 bits per heavy atom. The number of nitrogens with zero attached hydrogens (tertiary/aromatic N) is 6. The normalized spacial score (nSPS) is 11.9. The van der Waals surface area contributed by atoms with E-state index >= 15 is 0 Å². The number of hydrogen-bond acceptors (Lipinski definition) is 4. The van der Waals surface area contributed by atoms with Gasteiger partial charge in [-0.15, -0.1) is 0 Å². The number of aromatic nitrogens is 5. The van der Waals surface area contributed by atoms with E-state index in [1.807, 2.05) is 72.8 Å². The molecule has 0 bridgehead atoms. The Hall–Kier alpha value is -10.0. The molecule has 10 aromatic carbocycles. The van der Waals surface area contributed by atoms with Gasteiger partial charge in [-0.2, -0.15) is 5.26 Å². The third kappa shape index (κ3) is 5.66. The van der Waals surface area contributed by atoms with Crippen molar-refractivity contribution in [1.82, 2.24) is 23.7 Å². The summed E-state index contributed by atoms with van der Waals surface area (Å²) in [4.78, 5) is 10.5. The molecule has 7 heteroatoms. The van der Waals surface area contributed by atoms with Crippen LogP contribution in [0.25, 0.3) is 138 Å². The molecule has 7 nitrogen and oxygen atoms in total. The summed E-state index contributed by atoms with van der Waals surface area (Å²) in [5.74, 6) is 0.465. The first kappa shape index (κ1) is 39.9. The number of nitriles is 1. The Labute approximate surface area is 411 Å². The highest BCUT2D eigenvalue weighted by atomic mass is 16.3. The van der Waals surface area contributed by atoms with E-state index in [2.05, 4.69) is 177 Å². The summed E-state index contributed by atoms with van der Waals surface area (Å²) in [6.45, 7) is 0. The lowest BCUT2D eigenvalue weighted by molar-refractivity contribution is 0.669. The van der Waals surface area contributed by atoms with Crippen LogP contribution in [0.3, 0.4) is 0 Å². The van der Waals surface area contributed by atoms with Crippen LogP contribution < -0.4 is 0 Å². The Kier molecular flexibility index (Phi) is 8.59. The molecule has 0 unspecified atom stereocenters.